The molecule has 0 amide bonds. The smallest absolute Gasteiger partial charge is 0.234 e. The van der Waals surface area contributed by atoms with Gasteiger partial charge >= 0.3 is 0 Å². The number of benzene rings is 1. The summed E-state index contributed by atoms with van der Waals surface area (Å²) < 4.78 is 14.8. The van der Waals surface area contributed by atoms with Gasteiger partial charge in [-0.2, -0.15) is 0 Å². The fraction of sp³-hybridized carbons (Fsp3) is 0.0769. The first kappa shape index (κ1) is 9.96. The van der Waals surface area contributed by atoms with Gasteiger partial charge in [0.25, 0.3) is 0 Å². The topological polar surface area (TPSA) is 30.2 Å². The maximum atomic E-state index is 12.9. The number of halogens is 1. The van der Waals surface area contributed by atoms with Crippen molar-refractivity contribution in [2.24, 2.45) is 0 Å². The van der Waals surface area contributed by atoms with Crippen molar-refractivity contribution >= 4 is 5.78 Å². The van der Waals surface area contributed by atoms with Crippen LogP contribution in [0.3, 0.4) is 0 Å². The predicted molar refractivity (Wildman–Crippen MR) is 63.1 cm³/mol. The lowest BCUT2D eigenvalue weighted by Gasteiger charge is -1.98. The molecule has 0 spiro atoms. The molecule has 0 saturated heterocycles. The molecule has 3 aromatic rings. The molecular weight excluding hydrogens is 217 g/mol. The summed E-state index contributed by atoms with van der Waals surface area (Å²) in [4.78, 5) is 8.63. The Labute approximate surface area is 97.6 Å². The highest BCUT2D eigenvalue weighted by atomic mass is 19.1. The number of hydrogen-bond acceptors (Lipinski definition) is 2. The number of nitrogens with zero attached hydrogens (tertiary/aromatic N) is 3. The molecule has 0 aliphatic heterocycles. The number of fused-ring (bicyclic) bond motifs is 1. The van der Waals surface area contributed by atoms with Crippen molar-refractivity contribution < 1.29 is 4.39 Å². The van der Waals surface area contributed by atoms with Crippen molar-refractivity contribution in [1.82, 2.24) is 14.4 Å². The molecule has 0 aliphatic rings. The van der Waals surface area contributed by atoms with Crippen LogP contribution in [0.1, 0.15) is 5.69 Å². The summed E-state index contributed by atoms with van der Waals surface area (Å²) in [6.07, 6.45) is 3.62. The van der Waals surface area contributed by atoms with E-state index in [4.69, 9.17) is 0 Å². The van der Waals surface area contributed by atoms with Crippen LogP contribution >= 0.6 is 0 Å². The highest BCUT2D eigenvalue weighted by Gasteiger charge is 2.10. The minimum atomic E-state index is -0.242. The Balaban J connectivity index is 2.24. The van der Waals surface area contributed by atoms with Crippen molar-refractivity contribution in [2.75, 3.05) is 0 Å². The Kier molecular flexibility index (Phi) is 2.14. The van der Waals surface area contributed by atoms with E-state index in [2.05, 4.69) is 9.97 Å². The second-order valence-corrected chi connectivity index (χ2v) is 3.84. The van der Waals surface area contributed by atoms with Gasteiger partial charge < -0.3 is 0 Å². The molecule has 4 heteroatoms. The molecule has 17 heavy (non-hydrogen) atoms. The fourth-order valence-corrected chi connectivity index (χ4v) is 1.88. The van der Waals surface area contributed by atoms with Crippen molar-refractivity contribution in [3.05, 3.63) is 54.2 Å². The Morgan fingerprint density at radius 2 is 1.94 bits per heavy atom. The Morgan fingerprint density at radius 1 is 1.18 bits per heavy atom. The van der Waals surface area contributed by atoms with Crippen LogP contribution in [0.5, 0.6) is 0 Å². The van der Waals surface area contributed by atoms with Gasteiger partial charge in [-0.25, -0.2) is 14.4 Å². The maximum absolute atomic E-state index is 12.9. The van der Waals surface area contributed by atoms with Crippen LogP contribution in [-0.4, -0.2) is 14.4 Å². The SMILES string of the molecule is Cc1c(-c2ccc(F)cc2)nc2ncccn12. The van der Waals surface area contributed by atoms with Gasteiger partial charge in [-0.15, -0.1) is 0 Å². The van der Waals surface area contributed by atoms with Crippen molar-refractivity contribution in [1.29, 1.82) is 0 Å². The molecule has 0 radical (unpaired) electrons. The van der Waals surface area contributed by atoms with E-state index in [1.165, 1.54) is 12.1 Å². The van der Waals surface area contributed by atoms with Gasteiger partial charge in [0.15, 0.2) is 0 Å². The minimum Gasteiger partial charge on any atom is -0.288 e. The van der Waals surface area contributed by atoms with Gasteiger partial charge in [-0.05, 0) is 37.3 Å². The molecule has 0 saturated carbocycles. The van der Waals surface area contributed by atoms with Crippen molar-refractivity contribution in [3.8, 4) is 11.3 Å². The summed E-state index contributed by atoms with van der Waals surface area (Å²) in [6, 6.07) is 8.18. The molecule has 0 bridgehead atoms. The average molecular weight is 227 g/mol. The molecule has 1 aromatic carbocycles. The quantitative estimate of drug-likeness (QED) is 0.640. The third-order valence-corrected chi connectivity index (χ3v) is 2.76. The Morgan fingerprint density at radius 3 is 2.65 bits per heavy atom. The van der Waals surface area contributed by atoms with E-state index in [-0.39, 0.29) is 5.82 Å². The lowest BCUT2D eigenvalue weighted by molar-refractivity contribution is 0.628. The van der Waals surface area contributed by atoms with Gasteiger partial charge in [0, 0.05) is 23.7 Å². The molecule has 2 heterocycles. The van der Waals surface area contributed by atoms with Crippen LogP contribution in [0.2, 0.25) is 0 Å². The third-order valence-electron chi connectivity index (χ3n) is 2.76. The Bertz CT molecular complexity index is 671. The van der Waals surface area contributed by atoms with E-state index < -0.39 is 0 Å². The molecule has 0 aliphatic carbocycles. The van der Waals surface area contributed by atoms with Crippen LogP contribution in [0.15, 0.2) is 42.7 Å². The monoisotopic (exact) mass is 227 g/mol. The average Bonchev–Trinajstić information content (AvgIpc) is 2.69. The van der Waals surface area contributed by atoms with Crippen LogP contribution in [0.4, 0.5) is 4.39 Å². The number of hydrogen-bond donors (Lipinski definition) is 0. The van der Waals surface area contributed by atoms with Crippen LogP contribution < -0.4 is 0 Å². The first-order valence-electron chi connectivity index (χ1n) is 5.31. The van der Waals surface area contributed by atoms with Gasteiger partial charge in [-0.1, -0.05) is 0 Å². The molecule has 3 nitrogen and oxygen atoms in total. The zero-order chi connectivity index (χ0) is 11.8. The summed E-state index contributed by atoms with van der Waals surface area (Å²) in [6.45, 7) is 1.97. The second-order valence-electron chi connectivity index (χ2n) is 3.84. The predicted octanol–water partition coefficient (Wildman–Crippen LogP) is 2.84. The highest BCUT2D eigenvalue weighted by molar-refractivity contribution is 5.64. The molecule has 0 unspecified atom stereocenters. The largest absolute Gasteiger partial charge is 0.288 e. The maximum Gasteiger partial charge on any atom is 0.234 e. The number of aryl methyl sites for hydroxylation is 1. The van der Waals surface area contributed by atoms with Gasteiger partial charge in [0.05, 0.1) is 5.69 Å². The van der Waals surface area contributed by atoms with Gasteiger partial charge in [-0.3, -0.25) is 4.40 Å². The standard InChI is InChI=1S/C13H10FN3/c1-9-12(10-3-5-11(14)6-4-10)16-13-15-7-2-8-17(9)13/h2-8H,1H3. The minimum absolute atomic E-state index is 0.242. The summed E-state index contributed by atoms with van der Waals surface area (Å²) >= 11 is 0. The van der Waals surface area contributed by atoms with E-state index in [0.29, 0.717) is 5.78 Å². The van der Waals surface area contributed by atoms with E-state index in [9.17, 15) is 4.39 Å². The number of imidazole rings is 1. The lowest BCUT2D eigenvalue weighted by atomic mass is 10.1. The Hall–Kier alpha value is -2.23. The highest BCUT2D eigenvalue weighted by Crippen LogP contribution is 2.22. The van der Waals surface area contributed by atoms with Crippen molar-refractivity contribution in [2.45, 2.75) is 6.92 Å². The first-order chi connectivity index (χ1) is 8.25. The summed E-state index contributed by atoms with van der Waals surface area (Å²) in [5.74, 6) is 0.414. The molecule has 0 atom stereocenters. The third kappa shape index (κ3) is 1.58. The van der Waals surface area contributed by atoms with E-state index in [0.717, 1.165) is 17.0 Å². The molecule has 3 rings (SSSR count). The zero-order valence-electron chi connectivity index (χ0n) is 9.26. The zero-order valence-corrected chi connectivity index (χ0v) is 9.26. The van der Waals surface area contributed by atoms with E-state index in [1.54, 1.807) is 18.3 Å². The van der Waals surface area contributed by atoms with E-state index in [1.807, 2.05) is 23.6 Å². The number of rotatable bonds is 1. The van der Waals surface area contributed by atoms with Gasteiger partial charge in [0.1, 0.15) is 5.82 Å². The van der Waals surface area contributed by atoms with Crippen LogP contribution in [0.25, 0.3) is 17.0 Å². The molecule has 84 valence electrons. The first-order valence-corrected chi connectivity index (χ1v) is 5.31. The summed E-state index contributed by atoms with van der Waals surface area (Å²) in [5, 5.41) is 0. The summed E-state index contributed by atoms with van der Waals surface area (Å²) in [5.41, 5.74) is 2.73. The molecule has 2 aromatic heterocycles. The van der Waals surface area contributed by atoms with E-state index >= 15 is 0 Å². The summed E-state index contributed by atoms with van der Waals surface area (Å²) in [7, 11) is 0. The molecular formula is C13H10FN3. The van der Waals surface area contributed by atoms with Gasteiger partial charge in [0.2, 0.25) is 5.78 Å². The lowest BCUT2D eigenvalue weighted by Crippen LogP contribution is -1.88. The second kappa shape index (κ2) is 3.66. The van der Waals surface area contributed by atoms with Crippen LogP contribution in [0, 0.1) is 12.7 Å². The normalized spacial score (nSPS) is 10.9. The fourth-order valence-electron chi connectivity index (χ4n) is 1.88. The molecule has 0 fully saturated rings. The van der Waals surface area contributed by atoms with Crippen molar-refractivity contribution in [3.63, 3.8) is 0 Å². The molecule has 0 N–H and O–H groups in total. The van der Waals surface area contributed by atoms with Crippen LogP contribution in [-0.2, 0) is 0 Å². The number of aromatic nitrogens is 3.